The van der Waals surface area contributed by atoms with Crippen LogP contribution >= 0.6 is 0 Å². The maximum absolute atomic E-state index is 11.5. The fourth-order valence-electron chi connectivity index (χ4n) is 2.28. The van der Waals surface area contributed by atoms with Crippen molar-refractivity contribution < 1.29 is 23.1 Å². The Hall–Kier alpha value is -1.31. The van der Waals surface area contributed by atoms with Crippen LogP contribution in [0.15, 0.2) is 0 Å². The highest BCUT2D eigenvalue weighted by atomic mass is 32.2. The molecule has 0 atom stereocenters. The van der Waals surface area contributed by atoms with Crippen LogP contribution in [0.3, 0.4) is 0 Å². The highest BCUT2D eigenvalue weighted by Crippen LogP contribution is 2.43. The summed E-state index contributed by atoms with van der Waals surface area (Å²) in [4.78, 5) is 22.3. The largest absolute Gasteiger partial charge is 0.481 e. The molecule has 3 N–H and O–H groups in total. The maximum atomic E-state index is 11.5. The Morgan fingerprint density at radius 2 is 1.90 bits per heavy atom. The minimum atomic E-state index is -3.00. The van der Waals surface area contributed by atoms with E-state index < -0.39 is 15.8 Å². The summed E-state index contributed by atoms with van der Waals surface area (Å²) in [6.45, 7) is 0.627. The fraction of sp³-hybridized carbons (Fsp3) is 0.833. The topological polar surface area (TPSA) is 113 Å². The third kappa shape index (κ3) is 6.23. The highest BCUT2D eigenvalue weighted by molar-refractivity contribution is 7.90. The number of urea groups is 1. The van der Waals surface area contributed by atoms with Gasteiger partial charge in [0.25, 0.3) is 0 Å². The predicted octanol–water partition coefficient (Wildman–Crippen LogP) is 0.365. The minimum absolute atomic E-state index is 0.0379. The monoisotopic (exact) mass is 306 g/mol. The average molecular weight is 306 g/mol. The molecule has 0 spiro atoms. The van der Waals surface area contributed by atoms with Crippen LogP contribution in [0.25, 0.3) is 0 Å². The fourth-order valence-corrected chi connectivity index (χ4v) is 2.95. The van der Waals surface area contributed by atoms with Crippen LogP contribution in [-0.4, -0.2) is 50.6 Å². The first-order valence-electron chi connectivity index (χ1n) is 6.64. The van der Waals surface area contributed by atoms with E-state index in [4.69, 9.17) is 5.11 Å². The first kappa shape index (κ1) is 16.7. The van der Waals surface area contributed by atoms with E-state index in [1.807, 2.05) is 0 Å². The average Bonchev–Trinajstić information content (AvgIpc) is 2.26. The van der Waals surface area contributed by atoms with Gasteiger partial charge in [-0.1, -0.05) is 6.42 Å². The molecule has 0 heterocycles. The Balaban J connectivity index is 2.21. The molecule has 0 aromatic heterocycles. The van der Waals surface area contributed by atoms with Crippen molar-refractivity contribution in [2.24, 2.45) is 5.41 Å². The number of hydrogen-bond donors (Lipinski definition) is 3. The minimum Gasteiger partial charge on any atom is -0.481 e. The quantitative estimate of drug-likeness (QED) is 0.561. The number of rotatable bonds is 8. The second kappa shape index (κ2) is 6.92. The normalized spacial score (nSPS) is 17.1. The molecule has 0 aromatic carbocycles. The van der Waals surface area contributed by atoms with Crippen LogP contribution in [0.4, 0.5) is 4.79 Å². The van der Waals surface area contributed by atoms with Gasteiger partial charge in [-0.3, -0.25) is 4.79 Å². The molecular weight excluding hydrogens is 284 g/mol. The second-order valence-corrected chi connectivity index (χ2v) is 7.78. The number of carboxylic acid groups (broad SMARTS) is 1. The van der Waals surface area contributed by atoms with Crippen LogP contribution in [0.2, 0.25) is 0 Å². The molecule has 1 aliphatic rings. The molecule has 2 amide bonds. The van der Waals surface area contributed by atoms with Gasteiger partial charge in [0.05, 0.1) is 12.2 Å². The molecule has 1 fully saturated rings. The van der Waals surface area contributed by atoms with Gasteiger partial charge in [0, 0.05) is 19.3 Å². The van der Waals surface area contributed by atoms with Crippen LogP contribution in [0, 0.1) is 5.41 Å². The van der Waals surface area contributed by atoms with Crippen molar-refractivity contribution in [3.05, 3.63) is 0 Å². The SMILES string of the molecule is CS(=O)(=O)CCCNC(=O)NCC1(CC(=O)O)CCC1. The van der Waals surface area contributed by atoms with Crippen LogP contribution in [0.5, 0.6) is 0 Å². The number of carboxylic acids is 1. The molecule has 0 bridgehead atoms. The first-order chi connectivity index (χ1) is 9.22. The maximum Gasteiger partial charge on any atom is 0.314 e. The number of aliphatic carboxylic acids is 1. The summed E-state index contributed by atoms with van der Waals surface area (Å²) in [6, 6.07) is -0.379. The summed E-state index contributed by atoms with van der Waals surface area (Å²) in [7, 11) is -3.00. The molecule has 0 radical (unpaired) electrons. The van der Waals surface area contributed by atoms with E-state index >= 15 is 0 Å². The second-order valence-electron chi connectivity index (χ2n) is 5.52. The lowest BCUT2D eigenvalue weighted by Crippen LogP contribution is -2.46. The lowest BCUT2D eigenvalue weighted by molar-refractivity contribution is -0.141. The van der Waals surface area contributed by atoms with E-state index in [-0.39, 0.29) is 30.2 Å². The van der Waals surface area contributed by atoms with Gasteiger partial charge in [-0.05, 0) is 24.7 Å². The van der Waals surface area contributed by atoms with E-state index in [1.54, 1.807) is 0 Å². The predicted molar refractivity (Wildman–Crippen MR) is 74.3 cm³/mol. The zero-order valence-electron chi connectivity index (χ0n) is 11.6. The Morgan fingerprint density at radius 3 is 2.35 bits per heavy atom. The molecule has 116 valence electrons. The Kier molecular flexibility index (Phi) is 5.79. The van der Waals surface area contributed by atoms with E-state index in [9.17, 15) is 18.0 Å². The van der Waals surface area contributed by atoms with Crippen LogP contribution in [0.1, 0.15) is 32.1 Å². The van der Waals surface area contributed by atoms with E-state index in [2.05, 4.69) is 10.6 Å². The Labute approximate surface area is 119 Å². The van der Waals surface area contributed by atoms with Crippen LogP contribution < -0.4 is 10.6 Å². The molecule has 0 unspecified atom stereocenters. The van der Waals surface area contributed by atoms with Crippen LogP contribution in [-0.2, 0) is 14.6 Å². The molecule has 0 aliphatic heterocycles. The van der Waals surface area contributed by atoms with Gasteiger partial charge in [0.1, 0.15) is 9.84 Å². The summed E-state index contributed by atoms with van der Waals surface area (Å²) in [6.07, 6.45) is 4.21. The van der Waals surface area contributed by atoms with Gasteiger partial charge in [0.2, 0.25) is 0 Å². The van der Waals surface area contributed by atoms with Crippen molar-refractivity contribution in [3.63, 3.8) is 0 Å². The van der Waals surface area contributed by atoms with Crippen molar-refractivity contribution >= 4 is 21.8 Å². The van der Waals surface area contributed by atoms with Gasteiger partial charge in [-0.2, -0.15) is 0 Å². The van der Waals surface area contributed by atoms with Gasteiger partial charge in [-0.25, -0.2) is 13.2 Å². The molecule has 0 aromatic rings. The zero-order valence-corrected chi connectivity index (χ0v) is 12.5. The zero-order chi connectivity index (χ0) is 15.2. The van der Waals surface area contributed by atoms with E-state index in [0.717, 1.165) is 25.5 Å². The third-order valence-electron chi connectivity index (χ3n) is 3.54. The molecule has 1 rings (SSSR count). The summed E-state index contributed by atoms with van der Waals surface area (Å²) >= 11 is 0. The molecule has 0 saturated heterocycles. The van der Waals surface area contributed by atoms with Crippen molar-refractivity contribution in [1.29, 1.82) is 0 Å². The van der Waals surface area contributed by atoms with Crippen molar-refractivity contribution in [2.75, 3.05) is 25.1 Å². The third-order valence-corrected chi connectivity index (χ3v) is 4.57. The van der Waals surface area contributed by atoms with Crippen molar-refractivity contribution in [2.45, 2.75) is 32.1 Å². The number of carbonyl (C=O) groups is 2. The number of carbonyl (C=O) groups excluding carboxylic acids is 1. The summed E-state index contributed by atoms with van der Waals surface area (Å²) in [5.74, 6) is -0.809. The summed E-state index contributed by atoms with van der Waals surface area (Å²) in [5, 5.41) is 14.1. The summed E-state index contributed by atoms with van der Waals surface area (Å²) in [5.41, 5.74) is -0.310. The van der Waals surface area contributed by atoms with Crippen molar-refractivity contribution in [3.8, 4) is 0 Å². The molecule has 7 nitrogen and oxygen atoms in total. The number of amides is 2. The van der Waals surface area contributed by atoms with Gasteiger partial charge >= 0.3 is 12.0 Å². The summed E-state index contributed by atoms with van der Waals surface area (Å²) < 4.78 is 21.8. The molecular formula is C12H22N2O5S. The number of nitrogens with one attached hydrogen (secondary N) is 2. The number of hydrogen-bond acceptors (Lipinski definition) is 4. The van der Waals surface area contributed by atoms with Gasteiger partial charge in [-0.15, -0.1) is 0 Å². The standard InChI is InChI=1S/C12H22N2O5S/c1-20(18,19)7-3-6-13-11(17)14-9-12(4-2-5-12)8-10(15)16/h2-9H2,1H3,(H,15,16)(H2,13,14,17). The lowest BCUT2D eigenvalue weighted by atomic mass is 9.66. The van der Waals surface area contributed by atoms with Crippen molar-refractivity contribution in [1.82, 2.24) is 10.6 Å². The highest BCUT2D eigenvalue weighted by Gasteiger charge is 2.39. The molecule has 1 aliphatic carbocycles. The first-order valence-corrected chi connectivity index (χ1v) is 8.70. The number of sulfone groups is 1. The smallest absolute Gasteiger partial charge is 0.314 e. The molecule has 1 saturated carbocycles. The Bertz CT molecular complexity index is 456. The van der Waals surface area contributed by atoms with E-state index in [0.29, 0.717) is 13.0 Å². The van der Waals surface area contributed by atoms with Gasteiger partial charge in [0.15, 0.2) is 0 Å². The lowest BCUT2D eigenvalue weighted by Gasteiger charge is -2.40. The molecule has 8 heteroatoms. The van der Waals surface area contributed by atoms with E-state index in [1.165, 1.54) is 0 Å². The molecule has 20 heavy (non-hydrogen) atoms. The van der Waals surface area contributed by atoms with Gasteiger partial charge < -0.3 is 15.7 Å². The Morgan fingerprint density at radius 1 is 1.25 bits per heavy atom.